The molecule has 8 heteroatoms. The van der Waals surface area contributed by atoms with E-state index in [-0.39, 0.29) is 18.3 Å². The van der Waals surface area contributed by atoms with Crippen LogP contribution in [0.2, 0.25) is 0 Å². The van der Waals surface area contributed by atoms with Crippen LogP contribution in [-0.4, -0.2) is 30.1 Å². The maximum atomic E-state index is 11.8. The van der Waals surface area contributed by atoms with Gasteiger partial charge >= 0.3 is 0 Å². The predicted octanol–water partition coefficient (Wildman–Crippen LogP) is 1.78. The minimum absolute atomic E-state index is 0.0452. The lowest BCUT2D eigenvalue weighted by molar-refractivity contribution is -0.124. The maximum Gasteiger partial charge on any atom is 0.276 e. The van der Waals surface area contributed by atoms with Gasteiger partial charge in [-0.1, -0.05) is 35.4 Å². The molecule has 27 heavy (non-hydrogen) atoms. The van der Waals surface area contributed by atoms with Crippen molar-refractivity contribution in [2.45, 2.75) is 13.8 Å². The van der Waals surface area contributed by atoms with Crippen molar-refractivity contribution < 1.29 is 19.1 Å². The monoisotopic (exact) mass is 387 g/mol. The minimum Gasteiger partial charge on any atom is -0.484 e. The van der Waals surface area contributed by atoms with Crippen molar-refractivity contribution in [1.82, 2.24) is 16.2 Å². The van der Waals surface area contributed by atoms with E-state index in [1.807, 2.05) is 38.1 Å². The lowest BCUT2D eigenvalue weighted by Gasteiger charge is -2.12. The highest BCUT2D eigenvalue weighted by atomic mass is 32.1. The first kappa shape index (κ1) is 20.2. The van der Waals surface area contributed by atoms with Gasteiger partial charge in [-0.2, -0.15) is 0 Å². The van der Waals surface area contributed by atoms with Gasteiger partial charge in [0, 0.05) is 0 Å². The summed E-state index contributed by atoms with van der Waals surface area (Å²) in [6.45, 7) is 3.53. The van der Waals surface area contributed by atoms with Gasteiger partial charge < -0.3 is 9.47 Å². The Morgan fingerprint density at radius 1 is 0.778 bits per heavy atom. The Morgan fingerprint density at radius 2 is 1.22 bits per heavy atom. The number of nitrogens with one attached hydrogen (secondary N) is 3. The zero-order chi connectivity index (χ0) is 19.6. The van der Waals surface area contributed by atoms with E-state index >= 15 is 0 Å². The van der Waals surface area contributed by atoms with Crippen LogP contribution in [0.1, 0.15) is 11.1 Å². The van der Waals surface area contributed by atoms with Gasteiger partial charge in [0.2, 0.25) is 0 Å². The summed E-state index contributed by atoms with van der Waals surface area (Å²) in [5, 5.41) is 2.35. The van der Waals surface area contributed by atoms with Crippen LogP contribution in [0.3, 0.4) is 0 Å². The highest BCUT2D eigenvalue weighted by Gasteiger charge is 2.07. The van der Waals surface area contributed by atoms with E-state index in [0.717, 1.165) is 11.1 Å². The summed E-state index contributed by atoms with van der Waals surface area (Å²) in [4.78, 5) is 23.5. The molecule has 0 saturated carbocycles. The average Bonchev–Trinajstić information content (AvgIpc) is 2.65. The SMILES string of the molecule is Cc1ccc(OCC(=O)NNC(=S)NC(=O)COc2ccc(C)cc2)cc1. The highest BCUT2D eigenvalue weighted by Crippen LogP contribution is 2.11. The van der Waals surface area contributed by atoms with E-state index < -0.39 is 11.8 Å². The van der Waals surface area contributed by atoms with E-state index in [2.05, 4.69) is 16.2 Å². The molecule has 7 nitrogen and oxygen atoms in total. The summed E-state index contributed by atoms with van der Waals surface area (Å²) in [6, 6.07) is 14.6. The third-order valence-corrected chi connectivity index (χ3v) is 3.55. The zero-order valence-corrected chi connectivity index (χ0v) is 15.9. The molecule has 0 fully saturated rings. The fourth-order valence-electron chi connectivity index (χ4n) is 1.92. The molecule has 2 amide bonds. The van der Waals surface area contributed by atoms with Gasteiger partial charge in [-0.25, -0.2) is 0 Å². The van der Waals surface area contributed by atoms with Crippen molar-refractivity contribution in [3.05, 3.63) is 59.7 Å². The molecule has 0 aliphatic heterocycles. The van der Waals surface area contributed by atoms with E-state index in [1.165, 1.54) is 0 Å². The largest absolute Gasteiger partial charge is 0.484 e. The second-order valence-corrected chi connectivity index (χ2v) is 6.16. The molecule has 0 heterocycles. The van der Waals surface area contributed by atoms with Crippen molar-refractivity contribution in [2.75, 3.05) is 13.2 Å². The molecule has 0 bridgehead atoms. The number of carbonyl (C=O) groups is 2. The van der Waals surface area contributed by atoms with E-state index in [0.29, 0.717) is 11.5 Å². The fourth-order valence-corrected chi connectivity index (χ4v) is 2.09. The van der Waals surface area contributed by atoms with Gasteiger partial charge in [-0.3, -0.25) is 25.8 Å². The Bertz CT molecular complexity index is 792. The zero-order valence-electron chi connectivity index (χ0n) is 15.1. The number of amides is 2. The van der Waals surface area contributed by atoms with Gasteiger partial charge in [0.25, 0.3) is 11.8 Å². The van der Waals surface area contributed by atoms with Crippen molar-refractivity contribution in [2.24, 2.45) is 0 Å². The third kappa shape index (κ3) is 7.74. The standard InChI is InChI=1S/C19H21N3O4S/c1-13-3-7-15(8-4-13)25-11-17(23)20-19(27)22-21-18(24)12-26-16-9-5-14(2)6-10-16/h3-10H,11-12H2,1-2H3,(H,21,24)(H2,20,22,23,27). The number of carbonyl (C=O) groups excluding carboxylic acids is 2. The summed E-state index contributed by atoms with van der Waals surface area (Å²) in [7, 11) is 0. The molecule has 3 N–H and O–H groups in total. The van der Waals surface area contributed by atoms with Gasteiger partial charge in [0.1, 0.15) is 11.5 Å². The Morgan fingerprint density at radius 3 is 1.70 bits per heavy atom. The first-order chi connectivity index (χ1) is 12.9. The van der Waals surface area contributed by atoms with E-state index in [9.17, 15) is 9.59 Å². The number of hydrazine groups is 1. The quantitative estimate of drug-likeness (QED) is 0.517. The number of benzene rings is 2. The number of hydrogen-bond donors (Lipinski definition) is 3. The molecule has 0 atom stereocenters. The molecular formula is C19H21N3O4S. The lowest BCUT2D eigenvalue weighted by atomic mass is 10.2. The van der Waals surface area contributed by atoms with Crippen LogP contribution < -0.4 is 25.6 Å². The summed E-state index contributed by atoms with van der Waals surface area (Å²) in [5.41, 5.74) is 6.96. The molecular weight excluding hydrogens is 366 g/mol. The Labute approximate surface area is 163 Å². The van der Waals surface area contributed by atoms with Crippen LogP contribution in [0.15, 0.2) is 48.5 Å². The molecule has 0 aliphatic carbocycles. The van der Waals surface area contributed by atoms with Crippen molar-refractivity contribution in [3.8, 4) is 11.5 Å². The van der Waals surface area contributed by atoms with Crippen LogP contribution in [0.4, 0.5) is 0 Å². The van der Waals surface area contributed by atoms with E-state index in [4.69, 9.17) is 21.7 Å². The number of rotatable bonds is 6. The van der Waals surface area contributed by atoms with Crippen LogP contribution in [-0.2, 0) is 9.59 Å². The molecule has 0 spiro atoms. The van der Waals surface area contributed by atoms with Gasteiger partial charge in [-0.15, -0.1) is 0 Å². The smallest absolute Gasteiger partial charge is 0.276 e. The number of hydrogen-bond acceptors (Lipinski definition) is 5. The molecule has 0 saturated heterocycles. The van der Waals surface area contributed by atoms with Gasteiger partial charge in [0.05, 0.1) is 0 Å². The Balaban J connectivity index is 1.62. The maximum absolute atomic E-state index is 11.8. The number of aryl methyl sites for hydroxylation is 2. The number of thiocarbonyl (C=S) groups is 1. The third-order valence-electron chi connectivity index (χ3n) is 3.35. The van der Waals surface area contributed by atoms with Crippen LogP contribution >= 0.6 is 12.2 Å². The first-order valence-corrected chi connectivity index (χ1v) is 8.61. The van der Waals surface area contributed by atoms with Crippen molar-refractivity contribution >= 4 is 29.1 Å². The Hall–Kier alpha value is -3.13. The lowest BCUT2D eigenvalue weighted by Crippen LogP contribution is -2.50. The van der Waals surface area contributed by atoms with Crippen molar-refractivity contribution in [3.63, 3.8) is 0 Å². The summed E-state index contributed by atoms with van der Waals surface area (Å²) >= 11 is 4.93. The van der Waals surface area contributed by atoms with E-state index in [1.54, 1.807) is 24.3 Å². The van der Waals surface area contributed by atoms with Gasteiger partial charge in [0.15, 0.2) is 18.3 Å². The molecule has 0 unspecified atom stereocenters. The first-order valence-electron chi connectivity index (χ1n) is 8.20. The topological polar surface area (TPSA) is 88.7 Å². The molecule has 2 rings (SSSR count). The molecule has 142 valence electrons. The minimum atomic E-state index is -0.446. The highest BCUT2D eigenvalue weighted by molar-refractivity contribution is 7.80. The molecule has 2 aromatic carbocycles. The summed E-state index contributed by atoms with van der Waals surface area (Å²) < 4.78 is 10.7. The second kappa shape index (κ2) is 10.1. The van der Waals surface area contributed by atoms with Crippen LogP contribution in [0.25, 0.3) is 0 Å². The molecule has 2 aromatic rings. The fraction of sp³-hybridized carbons (Fsp3) is 0.211. The van der Waals surface area contributed by atoms with Crippen LogP contribution in [0.5, 0.6) is 11.5 Å². The molecule has 0 aromatic heterocycles. The van der Waals surface area contributed by atoms with Gasteiger partial charge in [-0.05, 0) is 50.3 Å². The van der Waals surface area contributed by atoms with Crippen molar-refractivity contribution in [1.29, 1.82) is 0 Å². The normalized spacial score (nSPS) is 9.85. The average molecular weight is 387 g/mol. The molecule has 0 radical (unpaired) electrons. The predicted molar refractivity (Wildman–Crippen MR) is 105 cm³/mol. The second-order valence-electron chi connectivity index (χ2n) is 5.75. The Kier molecular flexibility index (Phi) is 7.57. The summed E-state index contributed by atoms with van der Waals surface area (Å²) in [6.07, 6.45) is 0. The molecule has 0 aliphatic rings. The summed E-state index contributed by atoms with van der Waals surface area (Å²) in [5.74, 6) is 0.275. The number of ether oxygens (including phenoxy) is 2. The van der Waals surface area contributed by atoms with Crippen LogP contribution in [0, 0.1) is 13.8 Å².